The molecule has 0 aliphatic heterocycles. The van der Waals surface area contributed by atoms with Gasteiger partial charge in [-0.2, -0.15) is 0 Å². The van der Waals surface area contributed by atoms with Gasteiger partial charge in [-0.1, -0.05) is 51.1 Å². The molecule has 3 N–H and O–H groups in total. The summed E-state index contributed by atoms with van der Waals surface area (Å²) in [5.41, 5.74) is 5.85. The molecule has 0 saturated heterocycles. The molecule has 0 fully saturated rings. The zero-order valence-corrected chi connectivity index (χ0v) is 11.7. The highest BCUT2D eigenvalue weighted by molar-refractivity contribution is 5.86. The van der Waals surface area contributed by atoms with Gasteiger partial charge in [-0.05, 0) is 24.8 Å². The lowest BCUT2D eigenvalue weighted by molar-refractivity contribution is -0.127. The molecule has 0 heterocycles. The Hall–Kier alpha value is -1.35. The van der Waals surface area contributed by atoms with Crippen LogP contribution in [0, 0.1) is 5.92 Å². The Labute approximate surface area is 110 Å². The molecular formula is C15H24N2O. The van der Waals surface area contributed by atoms with Gasteiger partial charge in [0.2, 0.25) is 5.91 Å². The van der Waals surface area contributed by atoms with Gasteiger partial charge in [0.05, 0.1) is 0 Å². The van der Waals surface area contributed by atoms with Crippen LogP contribution >= 0.6 is 0 Å². The quantitative estimate of drug-likeness (QED) is 0.812. The minimum atomic E-state index is -0.795. The van der Waals surface area contributed by atoms with Gasteiger partial charge in [0.25, 0.3) is 0 Å². The Morgan fingerprint density at radius 3 is 2.22 bits per heavy atom. The number of carbonyl (C=O) groups excluding carboxylic acids is 1. The number of primary amides is 1. The molecule has 0 radical (unpaired) electrons. The molecule has 0 aliphatic rings. The molecule has 0 aliphatic carbocycles. The van der Waals surface area contributed by atoms with Crippen molar-refractivity contribution in [2.45, 2.75) is 45.7 Å². The summed E-state index contributed by atoms with van der Waals surface area (Å²) >= 11 is 0. The summed E-state index contributed by atoms with van der Waals surface area (Å²) in [6.07, 6.45) is 0.953. The normalized spacial score (nSPS) is 16.3. The molecule has 2 atom stereocenters. The number of hydrogen-bond donors (Lipinski definition) is 2. The molecule has 0 aromatic heterocycles. The fourth-order valence-corrected chi connectivity index (χ4v) is 2.27. The second-order valence-corrected chi connectivity index (χ2v) is 5.15. The average Bonchev–Trinajstić information content (AvgIpc) is 2.35. The smallest absolute Gasteiger partial charge is 0.242 e. The first kappa shape index (κ1) is 14.7. The largest absolute Gasteiger partial charge is 0.368 e. The van der Waals surface area contributed by atoms with Gasteiger partial charge < -0.3 is 5.73 Å². The van der Waals surface area contributed by atoms with Crippen LogP contribution in [0.1, 0.15) is 39.7 Å². The Morgan fingerprint density at radius 1 is 1.28 bits per heavy atom. The maximum atomic E-state index is 12.1. The highest BCUT2D eigenvalue weighted by Gasteiger charge is 2.42. The number of nitrogens with one attached hydrogen (secondary N) is 1. The Bertz CT molecular complexity index is 389. The third-order valence-electron chi connectivity index (χ3n) is 3.57. The van der Waals surface area contributed by atoms with Crippen molar-refractivity contribution in [3.63, 3.8) is 0 Å². The van der Waals surface area contributed by atoms with Crippen LogP contribution < -0.4 is 11.1 Å². The molecule has 3 heteroatoms. The van der Waals surface area contributed by atoms with E-state index in [1.165, 1.54) is 0 Å². The molecule has 1 rings (SSSR count). The van der Waals surface area contributed by atoms with Crippen LogP contribution in [0.2, 0.25) is 0 Å². The van der Waals surface area contributed by atoms with Crippen molar-refractivity contribution in [3.8, 4) is 0 Å². The van der Waals surface area contributed by atoms with Gasteiger partial charge in [-0.15, -0.1) is 0 Å². The first-order valence-electron chi connectivity index (χ1n) is 6.58. The van der Waals surface area contributed by atoms with Crippen molar-refractivity contribution in [1.82, 2.24) is 5.32 Å². The van der Waals surface area contributed by atoms with E-state index in [-0.39, 0.29) is 17.9 Å². The maximum Gasteiger partial charge on any atom is 0.242 e. The molecule has 100 valence electrons. The molecular weight excluding hydrogens is 224 g/mol. The topological polar surface area (TPSA) is 55.1 Å². The van der Waals surface area contributed by atoms with Gasteiger partial charge in [-0.3, -0.25) is 10.1 Å². The van der Waals surface area contributed by atoms with Crippen LogP contribution in [-0.2, 0) is 10.3 Å². The van der Waals surface area contributed by atoms with Crippen LogP contribution in [0.15, 0.2) is 30.3 Å². The number of amides is 1. The van der Waals surface area contributed by atoms with Crippen molar-refractivity contribution in [2.75, 3.05) is 0 Å². The second kappa shape index (κ2) is 6.01. The second-order valence-electron chi connectivity index (χ2n) is 5.15. The fourth-order valence-electron chi connectivity index (χ4n) is 2.27. The van der Waals surface area contributed by atoms with Crippen LogP contribution in [0.4, 0.5) is 0 Å². The van der Waals surface area contributed by atoms with E-state index in [1.807, 2.05) is 44.2 Å². The van der Waals surface area contributed by atoms with Gasteiger partial charge in [0, 0.05) is 6.04 Å². The Balaban J connectivity index is 3.27. The van der Waals surface area contributed by atoms with Crippen LogP contribution in [0.5, 0.6) is 0 Å². The molecule has 18 heavy (non-hydrogen) atoms. The SMILES string of the molecule is CCC(C)NC(C(N)=O)(c1ccccc1)C(C)C. The summed E-state index contributed by atoms with van der Waals surface area (Å²) in [7, 11) is 0. The van der Waals surface area contributed by atoms with Gasteiger partial charge >= 0.3 is 0 Å². The molecule has 3 nitrogen and oxygen atoms in total. The van der Waals surface area contributed by atoms with Gasteiger partial charge in [-0.25, -0.2) is 0 Å². The average molecular weight is 248 g/mol. The predicted molar refractivity (Wildman–Crippen MR) is 75.0 cm³/mol. The van der Waals surface area contributed by atoms with Crippen LogP contribution in [0.3, 0.4) is 0 Å². The Kier molecular flexibility index (Phi) is 4.91. The summed E-state index contributed by atoms with van der Waals surface area (Å²) in [4.78, 5) is 12.1. The zero-order valence-electron chi connectivity index (χ0n) is 11.7. The number of nitrogens with two attached hydrogens (primary N) is 1. The van der Waals surface area contributed by atoms with Crippen LogP contribution in [-0.4, -0.2) is 11.9 Å². The Morgan fingerprint density at radius 2 is 1.83 bits per heavy atom. The number of benzene rings is 1. The van der Waals surface area contributed by atoms with E-state index in [0.29, 0.717) is 0 Å². The summed E-state index contributed by atoms with van der Waals surface area (Å²) in [6.45, 7) is 8.21. The van der Waals surface area contributed by atoms with Crippen molar-refractivity contribution in [2.24, 2.45) is 11.7 Å². The lowest BCUT2D eigenvalue weighted by Crippen LogP contribution is -2.58. The van der Waals surface area contributed by atoms with E-state index in [0.717, 1.165) is 12.0 Å². The zero-order chi connectivity index (χ0) is 13.8. The highest BCUT2D eigenvalue weighted by Crippen LogP contribution is 2.30. The number of hydrogen-bond acceptors (Lipinski definition) is 2. The van der Waals surface area contributed by atoms with Crippen molar-refractivity contribution >= 4 is 5.91 Å². The highest BCUT2D eigenvalue weighted by atomic mass is 16.1. The van der Waals surface area contributed by atoms with E-state index in [4.69, 9.17) is 5.73 Å². The van der Waals surface area contributed by atoms with E-state index in [9.17, 15) is 4.79 Å². The fraction of sp³-hybridized carbons (Fsp3) is 0.533. The summed E-state index contributed by atoms with van der Waals surface area (Å²) < 4.78 is 0. The monoisotopic (exact) mass is 248 g/mol. The van der Waals surface area contributed by atoms with Crippen LogP contribution in [0.25, 0.3) is 0 Å². The molecule has 2 unspecified atom stereocenters. The van der Waals surface area contributed by atoms with E-state index < -0.39 is 5.54 Å². The first-order chi connectivity index (χ1) is 8.45. The lowest BCUT2D eigenvalue weighted by atomic mass is 9.78. The maximum absolute atomic E-state index is 12.1. The summed E-state index contributed by atoms with van der Waals surface area (Å²) in [6, 6.07) is 9.97. The summed E-state index contributed by atoms with van der Waals surface area (Å²) in [5, 5.41) is 3.42. The molecule has 0 saturated carbocycles. The van der Waals surface area contributed by atoms with Crippen molar-refractivity contribution < 1.29 is 4.79 Å². The van der Waals surface area contributed by atoms with Gasteiger partial charge in [0.1, 0.15) is 5.54 Å². The molecule has 0 spiro atoms. The van der Waals surface area contributed by atoms with Crippen molar-refractivity contribution in [1.29, 1.82) is 0 Å². The number of carbonyl (C=O) groups is 1. The van der Waals surface area contributed by atoms with E-state index in [2.05, 4.69) is 19.2 Å². The van der Waals surface area contributed by atoms with E-state index in [1.54, 1.807) is 0 Å². The molecule has 1 aromatic rings. The summed E-state index contributed by atoms with van der Waals surface area (Å²) in [5.74, 6) is -0.226. The molecule has 0 bridgehead atoms. The first-order valence-corrected chi connectivity index (χ1v) is 6.58. The standard InChI is InChI=1S/C15H24N2O/c1-5-12(4)17-15(11(2)3,14(16)18)13-9-7-6-8-10-13/h6-12,17H,5H2,1-4H3,(H2,16,18). The number of rotatable bonds is 6. The van der Waals surface area contributed by atoms with E-state index >= 15 is 0 Å². The lowest BCUT2D eigenvalue weighted by Gasteiger charge is -2.38. The molecule has 1 aromatic carbocycles. The van der Waals surface area contributed by atoms with Gasteiger partial charge in [0.15, 0.2) is 0 Å². The third-order valence-corrected chi connectivity index (χ3v) is 3.57. The minimum absolute atomic E-state index is 0.0893. The third kappa shape index (κ3) is 2.72. The van der Waals surface area contributed by atoms with Crippen molar-refractivity contribution in [3.05, 3.63) is 35.9 Å². The predicted octanol–water partition coefficient (Wildman–Crippen LogP) is 2.41. The molecule has 1 amide bonds. The minimum Gasteiger partial charge on any atom is -0.368 e.